The van der Waals surface area contributed by atoms with E-state index in [1.165, 1.54) is 4.52 Å². The Morgan fingerprint density at radius 1 is 1.56 bits per heavy atom. The summed E-state index contributed by atoms with van der Waals surface area (Å²) in [6.07, 6.45) is 2.19. The fourth-order valence-electron chi connectivity index (χ4n) is 1.32. The van der Waals surface area contributed by atoms with Crippen molar-refractivity contribution in [3.63, 3.8) is 0 Å². The van der Waals surface area contributed by atoms with Gasteiger partial charge in [0.05, 0.1) is 24.2 Å². The van der Waals surface area contributed by atoms with Gasteiger partial charge in [-0.05, 0) is 11.6 Å². The Bertz CT molecular complexity index is 486. The molecule has 2 rings (SSSR count). The van der Waals surface area contributed by atoms with Crippen LogP contribution in [-0.2, 0) is 11.2 Å². The minimum atomic E-state index is 0. The zero-order valence-electron chi connectivity index (χ0n) is 8.55. The van der Waals surface area contributed by atoms with Crippen molar-refractivity contribution in [3.8, 4) is 0 Å². The molecule has 0 saturated heterocycles. The first-order valence-corrected chi connectivity index (χ1v) is 4.74. The number of rotatable bonds is 3. The second-order valence-electron chi connectivity index (χ2n) is 3.00. The van der Waals surface area contributed by atoms with Gasteiger partial charge in [0, 0.05) is 13.5 Å². The molecule has 0 aliphatic carbocycles. The average molecular weight is 264 g/mol. The van der Waals surface area contributed by atoms with Crippen LogP contribution in [0.4, 0.5) is 5.69 Å². The van der Waals surface area contributed by atoms with E-state index in [1.807, 2.05) is 0 Å². The molecule has 0 fully saturated rings. The van der Waals surface area contributed by atoms with Gasteiger partial charge in [-0.3, -0.25) is 0 Å². The van der Waals surface area contributed by atoms with E-state index in [4.69, 9.17) is 22.1 Å². The summed E-state index contributed by atoms with van der Waals surface area (Å²) in [7, 11) is 1.63. The fraction of sp³-hybridized carbons (Fsp3) is 0.375. The van der Waals surface area contributed by atoms with Crippen LogP contribution in [0.25, 0.3) is 5.78 Å². The lowest BCUT2D eigenvalue weighted by atomic mass is 10.3. The predicted molar refractivity (Wildman–Crippen MR) is 63.0 cm³/mol. The molecule has 0 bridgehead atoms. The summed E-state index contributed by atoms with van der Waals surface area (Å²) in [6, 6.07) is 0. The lowest BCUT2D eigenvalue weighted by Crippen LogP contribution is -2.08. The van der Waals surface area contributed by atoms with Gasteiger partial charge in [-0.15, -0.1) is 17.5 Å². The minimum absolute atomic E-state index is 0. The molecule has 16 heavy (non-hydrogen) atoms. The fourth-order valence-corrected chi connectivity index (χ4v) is 1.47. The molecule has 0 atom stereocenters. The normalized spacial score (nSPS) is 10.4. The first-order chi connectivity index (χ1) is 7.22. The molecule has 0 radical (unpaired) electrons. The van der Waals surface area contributed by atoms with Crippen LogP contribution in [0.15, 0.2) is 6.20 Å². The van der Waals surface area contributed by atoms with Gasteiger partial charge in [0.1, 0.15) is 0 Å². The molecule has 88 valence electrons. The van der Waals surface area contributed by atoms with Crippen LogP contribution in [0.3, 0.4) is 0 Å². The molecule has 2 N–H and O–H groups in total. The van der Waals surface area contributed by atoms with Crippen molar-refractivity contribution in [2.24, 2.45) is 0 Å². The van der Waals surface area contributed by atoms with Crippen molar-refractivity contribution in [3.05, 3.63) is 17.2 Å². The monoisotopic (exact) mass is 263 g/mol. The maximum Gasteiger partial charge on any atom is 0.253 e. The summed E-state index contributed by atoms with van der Waals surface area (Å²) in [5, 5.41) is 4.16. The summed E-state index contributed by atoms with van der Waals surface area (Å²) in [5.74, 6) is 0.445. The molecular formula is C8H11Cl2N5O. The van der Waals surface area contributed by atoms with Crippen molar-refractivity contribution in [1.29, 1.82) is 0 Å². The van der Waals surface area contributed by atoms with Crippen molar-refractivity contribution in [1.82, 2.24) is 19.6 Å². The van der Waals surface area contributed by atoms with E-state index in [2.05, 4.69) is 15.1 Å². The van der Waals surface area contributed by atoms with Gasteiger partial charge in [-0.2, -0.15) is 9.50 Å². The van der Waals surface area contributed by atoms with Crippen LogP contribution < -0.4 is 5.73 Å². The number of nitrogen functional groups attached to an aromatic ring is 1. The van der Waals surface area contributed by atoms with E-state index >= 15 is 0 Å². The molecule has 8 heteroatoms. The lowest BCUT2D eigenvalue weighted by molar-refractivity contribution is 0.201. The molecule has 0 spiro atoms. The van der Waals surface area contributed by atoms with Crippen LogP contribution in [0.2, 0.25) is 5.28 Å². The number of aromatic nitrogens is 4. The zero-order chi connectivity index (χ0) is 10.8. The Morgan fingerprint density at radius 2 is 2.31 bits per heavy atom. The Labute approximate surface area is 103 Å². The third-order valence-corrected chi connectivity index (χ3v) is 2.18. The second kappa shape index (κ2) is 5.29. The first kappa shape index (κ1) is 13.0. The second-order valence-corrected chi connectivity index (χ2v) is 3.33. The van der Waals surface area contributed by atoms with Crippen LogP contribution in [0, 0.1) is 0 Å². The summed E-state index contributed by atoms with van der Waals surface area (Å²) >= 11 is 5.69. The summed E-state index contributed by atoms with van der Waals surface area (Å²) < 4.78 is 6.52. The smallest absolute Gasteiger partial charge is 0.253 e. The van der Waals surface area contributed by atoms with Gasteiger partial charge < -0.3 is 10.5 Å². The van der Waals surface area contributed by atoms with Gasteiger partial charge in [-0.1, -0.05) is 0 Å². The summed E-state index contributed by atoms with van der Waals surface area (Å²) in [4.78, 5) is 7.94. The van der Waals surface area contributed by atoms with Crippen LogP contribution in [0.1, 0.15) is 5.69 Å². The van der Waals surface area contributed by atoms with Crippen molar-refractivity contribution in [2.45, 2.75) is 6.42 Å². The van der Waals surface area contributed by atoms with Crippen molar-refractivity contribution < 1.29 is 4.74 Å². The molecule has 2 heterocycles. The topological polar surface area (TPSA) is 78.3 Å². The van der Waals surface area contributed by atoms with Crippen LogP contribution in [0.5, 0.6) is 0 Å². The molecule has 2 aromatic rings. The van der Waals surface area contributed by atoms with Gasteiger partial charge in [0.25, 0.3) is 5.78 Å². The summed E-state index contributed by atoms with van der Waals surface area (Å²) in [6.45, 7) is 0.556. The SMILES string of the molecule is COCCc1c(N)cnc2nc(Cl)nn12.Cl. The van der Waals surface area contributed by atoms with Crippen molar-refractivity contribution >= 4 is 35.5 Å². The van der Waals surface area contributed by atoms with Gasteiger partial charge >= 0.3 is 0 Å². The van der Waals surface area contributed by atoms with Crippen LogP contribution in [-0.4, -0.2) is 33.3 Å². The van der Waals surface area contributed by atoms with Gasteiger partial charge in [0.2, 0.25) is 5.28 Å². The quantitative estimate of drug-likeness (QED) is 0.893. The minimum Gasteiger partial charge on any atom is -0.396 e. The molecule has 0 unspecified atom stereocenters. The molecule has 2 aromatic heterocycles. The van der Waals surface area contributed by atoms with E-state index in [0.717, 1.165) is 5.69 Å². The highest BCUT2D eigenvalue weighted by Gasteiger charge is 2.09. The molecule has 0 aliphatic heterocycles. The van der Waals surface area contributed by atoms with Crippen molar-refractivity contribution in [2.75, 3.05) is 19.5 Å². The number of methoxy groups -OCH3 is 1. The van der Waals surface area contributed by atoms with E-state index in [0.29, 0.717) is 24.5 Å². The maximum atomic E-state index is 5.79. The molecule has 0 aliphatic rings. The number of hydrogen-bond donors (Lipinski definition) is 1. The Hall–Kier alpha value is -1.11. The van der Waals surface area contributed by atoms with E-state index in [-0.39, 0.29) is 17.7 Å². The number of hydrogen-bond acceptors (Lipinski definition) is 5. The first-order valence-electron chi connectivity index (χ1n) is 4.37. The zero-order valence-corrected chi connectivity index (χ0v) is 10.1. The van der Waals surface area contributed by atoms with Gasteiger partial charge in [0.15, 0.2) is 0 Å². The molecule has 0 aromatic carbocycles. The predicted octanol–water partition coefficient (Wildman–Crippen LogP) is 0.971. The molecule has 0 saturated carbocycles. The highest BCUT2D eigenvalue weighted by Crippen LogP contribution is 2.13. The number of halogens is 2. The lowest BCUT2D eigenvalue weighted by Gasteiger charge is -2.05. The number of fused-ring (bicyclic) bond motifs is 1. The third-order valence-electron chi connectivity index (χ3n) is 2.02. The van der Waals surface area contributed by atoms with E-state index in [9.17, 15) is 0 Å². The molecule has 0 amide bonds. The number of nitrogens with zero attached hydrogens (tertiary/aromatic N) is 4. The Kier molecular flexibility index (Phi) is 4.28. The van der Waals surface area contributed by atoms with E-state index < -0.39 is 0 Å². The highest BCUT2D eigenvalue weighted by molar-refractivity contribution is 6.28. The molecular weight excluding hydrogens is 253 g/mol. The number of anilines is 1. The average Bonchev–Trinajstić information content (AvgIpc) is 2.57. The number of nitrogens with two attached hydrogens (primary N) is 1. The standard InChI is InChI=1S/C8H10ClN5O.ClH/c1-15-3-2-6-5(10)4-11-8-12-7(9)13-14(6)8;/h4H,2-3,10H2,1H3;1H. The van der Waals surface area contributed by atoms with Gasteiger partial charge in [-0.25, -0.2) is 4.98 Å². The Balaban J connectivity index is 0.00000128. The largest absolute Gasteiger partial charge is 0.396 e. The van der Waals surface area contributed by atoms with Crippen LogP contribution >= 0.6 is 24.0 Å². The third kappa shape index (κ3) is 2.34. The maximum absolute atomic E-state index is 5.79. The Morgan fingerprint density at radius 3 is 3.00 bits per heavy atom. The summed E-state index contributed by atoms with van der Waals surface area (Å²) in [5.41, 5.74) is 7.15. The number of ether oxygens (including phenoxy) is 1. The highest BCUT2D eigenvalue weighted by atomic mass is 35.5. The van der Waals surface area contributed by atoms with E-state index in [1.54, 1.807) is 13.3 Å². The molecule has 6 nitrogen and oxygen atoms in total.